The van der Waals surface area contributed by atoms with Gasteiger partial charge in [0.2, 0.25) is 0 Å². The van der Waals surface area contributed by atoms with Gasteiger partial charge in [0.1, 0.15) is 35.8 Å². The van der Waals surface area contributed by atoms with Crippen LogP contribution in [0.1, 0.15) is 119 Å². The van der Waals surface area contributed by atoms with Crippen LogP contribution in [0.4, 0.5) is 28.0 Å². The molecular formula is C56H79F4N7O7Si. The van der Waals surface area contributed by atoms with E-state index in [-0.39, 0.29) is 59.4 Å². The van der Waals surface area contributed by atoms with Crippen LogP contribution in [0.2, 0.25) is 16.6 Å². The number of halogens is 4. The zero-order valence-corrected chi connectivity index (χ0v) is 47.4. The van der Waals surface area contributed by atoms with Gasteiger partial charge in [-0.2, -0.15) is 13.2 Å². The number of fused-ring (bicyclic) bond motifs is 6. The third kappa shape index (κ3) is 13.0. The molecule has 14 nitrogen and oxygen atoms in total. The number of piperazine rings is 1. The molecule has 0 aliphatic carbocycles. The van der Waals surface area contributed by atoms with Gasteiger partial charge in [-0.1, -0.05) is 61.5 Å². The largest absolute Gasteiger partial charge is 0.543 e. The summed E-state index contributed by atoms with van der Waals surface area (Å²) in [6.07, 6.45) is -3.75. The molecule has 2 aromatic carbocycles. The van der Waals surface area contributed by atoms with Crippen LogP contribution in [-0.4, -0.2) is 123 Å². The Hall–Kier alpha value is -5.24. The summed E-state index contributed by atoms with van der Waals surface area (Å²) in [5, 5.41) is 4.48. The number of methoxy groups -OCH3 is 1. The minimum absolute atomic E-state index is 0.0130. The van der Waals surface area contributed by atoms with Crippen LogP contribution in [-0.2, 0) is 43.2 Å². The van der Waals surface area contributed by atoms with Gasteiger partial charge in [0.25, 0.3) is 14.2 Å². The summed E-state index contributed by atoms with van der Waals surface area (Å²) in [6, 6.07) is 7.81. The molecule has 0 unspecified atom stereocenters. The number of alkyl halides is 3. The number of esters is 1. The van der Waals surface area contributed by atoms with Crippen molar-refractivity contribution in [3.05, 3.63) is 65.2 Å². The summed E-state index contributed by atoms with van der Waals surface area (Å²) in [7, 11) is 0.847. The summed E-state index contributed by atoms with van der Waals surface area (Å²) < 4.78 is 89.5. The van der Waals surface area contributed by atoms with Gasteiger partial charge in [0.05, 0.1) is 41.5 Å². The predicted molar refractivity (Wildman–Crippen MR) is 287 cm³/mol. The maximum absolute atomic E-state index is 17.6. The Labute approximate surface area is 441 Å². The van der Waals surface area contributed by atoms with Gasteiger partial charge in [-0.15, -0.1) is 0 Å². The number of alkyl carbamates (subject to hydrolysis) is 1. The fourth-order valence-corrected chi connectivity index (χ4v) is 16.7. The van der Waals surface area contributed by atoms with Crippen molar-refractivity contribution >= 4 is 42.9 Å². The molecule has 0 saturated carbocycles. The molecule has 3 aliphatic rings. The normalized spacial score (nSPS) is 19.9. The SMILES string of the molecule is CO[C@@H](C)c1ncc(N2CCN(C)CC2)cc1-c1c2c3cc(c(F)cc3n1CC(F)(F)F)-c1cc(cc(O[Si](C(C)C)(C(C)C)C(C)C)c1)C[C@H](NC(=O)OC(C)(C)C)C(=O)N1CCC[C@H](N1)C(=O)OCC(C)(C)C2. The topological polar surface area (TPSA) is 140 Å². The highest BCUT2D eigenvalue weighted by atomic mass is 28.4. The highest BCUT2D eigenvalue weighted by Gasteiger charge is 2.47. The van der Waals surface area contributed by atoms with E-state index in [1.165, 1.54) is 18.2 Å². The smallest absolute Gasteiger partial charge is 0.408 e. The van der Waals surface area contributed by atoms with E-state index in [0.29, 0.717) is 65.0 Å². The molecule has 2 saturated heterocycles. The number of carbonyl (C=O) groups is 3. The first kappa shape index (κ1) is 57.5. The summed E-state index contributed by atoms with van der Waals surface area (Å²) in [4.78, 5) is 51.7. The summed E-state index contributed by atoms with van der Waals surface area (Å²) in [6.45, 7) is 25.0. The quantitative estimate of drug-likeness (QED) is 0.0843. The number of amides is 2. The Morgan fingerprint density at radius 1 is 0.933 bits per heavy atom. The van der Waals surface area contributed by atoms with Gasteiger partial charge in [0.15, 0.2) is 0 Å². The van der Waals surface area contributed by atoms with Gasteiger partial charge < -0.3 is 38.3 Å². The van der Waals surface area contributed by atoms with E-state index < -0.39 is 74.0 Å². The van der Waals surface area contributed by atoms with Crippen molar-refractivity contribution in [2.75, 3.05) is 58.4 Å². The van der Waals surface area contributed by atoms with Gasteiger partial charge >= 0.3 is 18.2 Å². The van der Waals surface area contributed by atoms with Crippen LogP contribution in [0.25, 0.3) is 33.3 Å². The number of carbonyl (C=O) groups excluding carboxylic acids is 3. The molecule has 2 amide bonds. The van der Waals surface area contributed by atoms with E-state index in [4.69, 9.17) is 23.6 Å². The highest BCUT2D eigenvalue weighted by molar-refractivity contribution is 6.78. The second kappa shape index (κ2) is 22.4. The van der Waals surface area contributed by atoms with E-state index in [1.54, 1.807) is 52.1 Å². The summed E-state index contributed by atoms with van der Waals surface area (Å²) >= 11 is 0. The number of rotatable bonds is 11. The lowest BCUT2D eigenvalue weighted by Gasteiger charge is -2.42. The van der Waals surface area contributed by atoms with Crippen molar-refractivity contribution in [1.29, 1.82) is 0 Å². The number of hydrogen-bond donors (Lipinski definition) is 2. The van der Waals surface area contributed by atoms with Crippen LogP contribution in [0.5, 0.6) is 5.75 Å². The van der Waals surface area contributed by atoms with Gasteiger partial charge in [-0.25, -0.2) is 14.6 Å². The molecule has 0 radical (unpaired) electrons. The number of ether oxygens (including phenoxy) is 3. The minimum Gasteiger partial charge on any atom is -0.543 e. The lowest BCUT2D eigenvalue weighted by Crippen LogP contribution is -2.60. The van der Waals surface area contributed by atoms with Crippen molar-refractivity contribution in [2.45, 2.75) is 162 Å². The molecule has 75 heavy (non-hydrogen) atoms. The first-order chi connectivity index (χ1) is 35.0. The molecule has 412 valence electrons. The zero-order valence-electron chi connectivity index (χ0n) is 46.4. The number of nitrogens with zero attached hydrogens (tertiary/aromatic N) is 5. The maximum Gasteiger partial charge on any atom is 0.408 e. The van der Waals surface area contributed by atoms with Gasteiger partial charge in [-0.3, -0.25) is 19.6 Å². The lowest BCUT2D eigenvalue weighted by atomic mass is 9.84. The number of hydrogen-bond acceptors (Lipinski definition) is 11. The average molecular weight is 1070 g/mol. The van der Waals surface area contributed by atoms with Gasteiger partial charge in [0, 0.05) is 68.2 Å². The first-order valence-corrected chi connectivity index (χ1v) is 28.6. The lowest BCUT2D eigenvalue weighted by molar-refractivity contribution is -0.155. The molecule has 2 N–H and O–H groups in total. The predicted octanol–water partition coefficient (Wildman–Crippen LogP) is 11.1. The second-order valence-corrected chi connectivity index (χ2v) is 29.0. The third-order valence-corrected chi connectivity index (χ3v) is 21.1. The molecule has 3 aliphatic heterocycles. The van der Waals surface area contributed by atoms with Gasteiger partial charge in [-0.05, 0) is 118 Å². The van der Waals surface area contributed by atoms with Crippen molar-refractivity contribution < 1.29 is 50.6 Å². The van der Waals surface area contributed by atoms with E-state index in [9.17, 15) is 14.4 Å². The van der Waals surface area contributed by atoms with Crippen molar-refractivity contribution in [2.24, 2.45) is 5.41 Å². The average Bonchev–Trinajstić information content (AvgIpc) is 3.58. The van der Waals surface area contributed by atoms with Crippen LogP contribution >= 0.6 is 0 Å². The summed E-state index contributed by atoms with van der Waals surface area (Å²) in [5.74, 6) is -1.51. The van der Waals surface area contributed by atoms with E-state index >= 15 is 17.6 Å². The highest BCUT2D eigenvalue weighted by Crippen LogP contribution is 2.47. The number of anilines is 1. The van der Waals surface area contributed by atoms with Crippen molar-refractivity contribution in [3.63, 3.8) is 0 Å². The molecular weight excluding hydrogens is 987 g/mol. The first-order valence-electron chi connectivity index (χ1n) is 26.5. The minimum atomic E-state index is -4.75. The Morgan fingerprint density at radius 2 is 1.60 bits per heavy atom. The number of aromatic nitrogens is 2. The van der Waals surface area contributed by atoms with Crippen molar-refractivity contribution in [1.82, 2.24) is 30.2 Å². The molecule has 4 aromatic rings. The monoisotopic (exact) mass is 1070 g/mol. The molecule has 6 bridgehead atoms. The number of hydrazine groups is 1. The second-order valence-electron chi connectivity index (χ2n) is 23.6. The maximum atomic E-state index is 17.6. The fourth-order valence-electron chi connectivity index (χ4n) is 11.5. The summed E-state index contributed by atoms with van der Waals surface area (Å²) in [5.41, 5.74) is 4.83. The molecule has 2 aromatic heterocycles. The van der Waals surface area contributed by atoms with Crippen LogP contribution < -0.4 is 20.1 Å². The third-order valence-electron chi connectivity index (χ3n) is 15.1. The molecule has 19 heteroatoms. The Morgan fingerprint density at radius 3 is 2.21 bits per heavy atom. The number of benzene rings is 2. The number of nitrogens with one attached hydrogen (secondary N) is 2. The standard InChI is InChI=1S/C56H79F4N7O7Si/c1-33(2)75(34(3)4,35(5)6)74-40-23-37-22-38(25-40)41-27-42-44(29-55(11,12)32-72-52(69)46-16-15-17-67(63-46)51(68)47(24-37)62-53(70)73-54(8,9)10)50(66(31-56(58,59)60)48(42)28-45(41)57)43-26-39(30-61-49(43)36(7)71-14)65-20-18-64(13)19-21-65/h22-23,25-28,30,33-36,46-47,63H,15-21,24,29,31-32H2,1-14H3,(H,62,70)/t36-,46-,47-/m0/s1. The Bertz CT molecular complexity index is 2710. The Kier molecular flexibility index (Phi) is 17.1. The zero-order chi connectivity index (χ0) is 55.1. The van der Waals surface area contributed by atoms with Crippen LogP contribution in [0.15, 0.2) is 42.6 Å². The molecule has 5 heterocycles. The van der Waals surface area contributed by atoms with E-state index in [0.717, 1.165) is 23.3 Å². The number of pyridine rings is 1. The number of cyclic esters (lactones) is 1. The fraction of sp³-hybridized carbons (Fsp3) is 0.607. The van der Waals surface area contributed by atoms with E-state index in [1.807, 2.05) is 33.0 Å². The van der Waals surface area contributed by atoms with Crippen LogP contribution in [0, 0.1) is 11.2 Å². The number of likely N-dealkylation sites (N-methyl/N-ethyl adjacent to an activating group) is 1. The Balaban J connectivity index is 1.56. The molecule has 7 rings (SSSR count). The van der Waals surface area contributed by atoms with Crippen LogP contribution in [0.3, 0.4) is 0 Å². The van der Waals surface area contributed by atoms with E-state index in [2.05, 4.69) is 62.1 Å². The van der Waals surface area contributed by atoms with Crippen molar-refractivity contribution in [3.8, 4) is 28.1 Å². The molecule has 3 atom stereocenters. The molecule has 2 fully saturated rings. The molecule has 0 spiro atoms.